The van der Waals surface area contributed by atoms with Crippen LogP contribution in [0.1, 0.15) is 44.0 Å². The standard InChI is InChI=1S/C11H17N3S/c1-6(2)15-11-7(3)9(12)13-10(14-11)8-4-5-8/h6,8H,4-5H2,1-3H3,(H2,12,13,14). The molecule has 1 saturated carbocycles. The third kappa shape index (κ3) is 2.43. The van der Waals surface area contributed by atoms with Gasteiger partial charge >= 0.3 is 0 Å². The fourth-order valence-electron chi connectivity index (χ4n) is 1.39. The molecule has 0 spiro atoms. The molecule has 3 nitrogen and oxygen atoms in total. The maximum absolute atomic E-state index is 5.90. The van der Waals surface area contributed by atoms with E-state index in [1.807, 2.05) is 6.92 Å². The summed E-state index contributed by atoms with van der Waals surface area (Å²) in [5, 5.41) is 1.59. The Hall–Kier alpha value is -0.770. The zero-order valence-corrected chi connectivity index (χ0v) is 10.3. The lowest BCUT2D eigenvalue weighted by atomic mass is 10.3. The number of nitrogens with two attached hydrogens (primary N) is 1. The van der Waals surface area contributed by atoms with Gasteiger partial charge in [0.2, 0.25) is 0 Å². The lowest BCUT2D eigenvalue weighted by molar-refractivity contribution is 0.866. The molecule has 2 N–H and O–H groups in total. The van der Waals surface area contributed by atoms with Crippen molar-refractivity contribution >= 4 is 17.6 Å². The van der Waals surface area contributed by atoms with Gasteiger partial charge in [0.05, 0.1) is 0 Å². The van der Waals surface area contributed by atoms with E-state index in [9.17, 15) is 0 Å². The average Bonchev–Trinajstić information content (AvgIpc) is 2.94. The summed E-state index contributed by atoms with van der Waals surface area (Å²) in [6.07, 6.45) is 2.43. The number of anilines is 1. The van der Waals surface area contributed by atoms with Crippen molar-refractivity contribution in [3.05, 3.63) is 11.4 Å². The Labute approximate surface area is 94.9 Å². The van der Waals surface area contributed by atoms with Crippen molar-refractivity contribution in [2.45, 2.75) is 49.8 Å². The van der Waals surface area contributed by atoms with Crippen molar-refractivity contribution in [1.29, 1.82) is 0 Å². The molecule has 0 radical (unpaired) electrons. The smallest absolute Gasteiger partial charge is 0.135 e. The van der Waals surface area contributed by atoms with Gasteiger partial charge in [-0.1, -0.05) is 13.8 Å². The highest BCUT2D eigenvalue weighted by atomic mass is 32.2. The fourth-order valence-corrected chi connectivity index (χ4v) is 2.27. The van der Waals surface area contributed by atoms with E-state index in [4.69, 9.17) is 5.73 Å². The first-order valence-corrected chi connectivity index (χ1v) is 6.26. The van der Waals surface area contributed by atoms with Gasteiger partial charge in [-0.3, -0.25) is 0 Å². The van der Waals surface area contributed by atoms with Crippen molar-refractivity contribution in [3.8, 4) is 0 Å². The summed E-state index contributed by atoms with van der Waals surface area (Å²) < 4.78 is 0. The number of nitrogen functional groups attached to an aromatic ring is 1. The van der Waals surface area contributed by atoms with E-state index in [2.05, 4.69) is 23.8 Å². The van der Waals surface area contributed by atoms with Crippen molar-refractivity contribution in [2.75, 3.05) is 5.73 Å². The molecule has 0 aliphatic heterocycles. The molecule has 0 unspecified atom stereocenters. The monoisotopic (exact) mass is 223 g/mol. The van der Waals surface area contributed by atoms with E-state index in [-0.39, 0.29) is 0 Å². The Morgan fingerprint density at radius 1 is 1.33 bits per heavy atom. The Bertz CT molecular complexity index is 372. The van der Waals surface area contributed by atoms with Gasteiger partial charge in [0, 0.05) is 16.7 Å². The Balaban J connectivity index is 2.33. The number of rotatable bonds is 3. The molecule has 0 bridgehead atoms. The first-order chi connectivity index (χ1) is 7.08. The summed E-state index contributed by atoms with van der Waals surface area (Å²) in [7, 11) is 0. The van der Waals surface area contributed by atoms with Gasteiger partial charge in [0.25, 0.3) is 0 Å². The van der Waals surface area contributed by atoms with Crippen LogP contribution in [0.2, 0.25) is 0 Å². The highest BCUT2D eigenvalue weighted by molar-refractivity contribution is 7.99. The molecule has 0 atom stereocenters. The molecule has 1 aromatic rings. The Morgan fingerprint density at radius 3 is 2.53 bits per heavy atom. The van der Waals surface area contributed by atoms with E-state index in [1.165, 1.54) is 12.8 Å². The summed E-state index contributed by atoms with van der Waals surface area (Å²) in [6.45, 7) is 6.33. The molecule has 1 heterocycles. The second kappa shape index (κ2) is 4.00. The predicted molar refractivity (Wildman–Crippen MR) is 64.1 cm³/mol. The zero-order chi connectivity index (χ0) is 11.0. The molecule has 0 saturated heterocycles. The quantitative estimate of drug-likeness (QED) is 0.632. The average molecular weight is 223 g/mol. The minimum Gasteiger partial charge on any atom is -0.383 e. The van der Waals surface area contributed by atoms with Gasteiger partial charge in [-0.15, -0.1) is 11.8 Å². The molecule has 1 aromatic heterocycles. The van der Waals surface area contributed by atoms with Crippen LogP contribution in [0.5, 0.6) is 0 Å². The summed E-state index contributed by atoms with van der Waals surface area (Å²) in [5.41, 5.74) is 6.92. The third-order valence-corrected chi connectivity index (χ3v) is 3.54. The predicted octanol–water partition coefficient (Wildman–Crippen LogP) is 2.75. The molecule has 1 aliphatic rings. The normalized spacial score (nSPS) is 16.0. The van der Waals surface area contributed by atoms with Gasteiger partial charge in [-0.05, 0) is 19.8 Å². The van der Waals surface area contributed by atoms with Gasteiger partial charge in [-0.25, -0.2) is 9.97 Å². The summed E-state index contributed by atoms with van der Waals surface area (Å²) in [4.78, 5) is 8.96. The van der Waals surface area contributed by atoms with E-state index in [1.54, 1.807) is 11.8 Å². The maximum atomic E-state index is 5.90. The SMILES string of the molecule is Cc1c(N)nc(C2CC2)nc1SC(C)C. The van der Waals surface area contributed by atoms with Crippen molar-refractivity contribution < 1.29 is 0 Å². The van der Waals surface area contributed by atoms with Gasteiger partial charge in [0.15, 0.2) is 0 Å². The van der Waals surface area contributed by atoms with Crippen LogP contribution in [0.3, 0.4) is 0 Å². The van der Waals surface area contributed by atoms with Crippen molar-refractivity contribution in [3.63, 3.8) is 0 Å². The van der Waals surface area contributed by atoms with Crippen LogP contribution in [0.4, 0.5) is 5.82 Å². The molecular weight excluding hydrogens is 206 g/mol. The summed E-state index contributed by atoms with van der Waals surface area (Å²) in [6, 6.07) is 0. The molecule has 2 rings (SSSR count). The second-order valence-electron chi connectivity index (χ2n) is 4.34. The second-order valence-corrected chi connectivity index (χ2v) is 5.90. The molecule has 1 aliphatic carbocycles. The highest BCUT2D eigenvalue weighted by Gasteiger charge is 2.28. The fraction of sp³-hybridized carbons (Fsp3) is 0.636. The minimum absolute atomic E-state index is 0.532. The molecule has 4 heteroatoms. The van der Waals surface area contributed by atoms with E-state index in [0.717, 1.165) is 16.4 Å². The first kappa shape index (κ1) is 10.7. The van der Waals surface area contributed by atoms with Crippen LogP contribution in [-0.2, 0) is 0 Å². The highest BCUT2D eigenvalue weighted by Crippen LogP contribution is 2.39. The number of hydrogen-bond donors (Lipinski definition) is 1. The molecule has 15 heavy (non-hydrogen) atoms. The van der Waals surface area contributed by atoms with Gasteiger partial charge < -0.3 is 5.73 Å². The van der Waals surface area contributed by atoms with Gasteiger partial charge in [-0.2, -0.15) is 0 Å². The number of hydrogen-bond acceptors (Lipinski definition) is 4. The molecule has 0 amide bonds. The molecular formula is C11H17N3S. The minimum atomic E-state index is 0.532. The van der Waals surface area contributed by atoms with Gasteiger partial charge in [0.1, 0.15) is 16.7 Å². The van der Waals surface area contributed by atoms with Crippen LogP contribution in [0.25, 0.3) is 0 Å². The van der Waals surface area contributed by atoms with Crippen molar-refractivity contribution in [2.24, 2.45) is 0 Å². The van der Waals surface area contributed by atoms with Crippen LogP contribution in [0.15, 0.2) is 5.03 Å². The number of aromatic nitrogens is 2. The topological polar surface area (TPSA) is 51.8 Å². The lowest BCUT2D eigenvalue weighted by Gasteiger charge is -2.10. The Kier molecular flexibility index (Phi) is 2.87. The van der Waals surface area contributed by atoms with Crippen LogP contribution in [0, 0.1) is 6.92 Å². The van der Waals surface area contributed by atoms with Crippen molar-refractivity contribution in [1.82, 2.24) is 9.97 Å². The van der Waals surface area contributed by atoms with E-state index >= 15 is 0 Å². The number of nitrogens with zero attached hydrogens (tertiary/aromatic N) is 2. The van der Waals surface area contributed by atoms with E-state index < -0.39 is 0 Å². The molecule has 0 aromatic carbocycles. The molecule has 1 fully saturated rings. The van der Waals surface area contributed by atoms with Crippen LogP contribution in [-0.4, -0.2) is 15.2 Å². The maximum Gasteiger partial charge on any atom is 0.135 e. The van der Waals surface area contributed by atoms with E-state index in [0.29, 0.717) is 17.0 Å². The zero-order valence-electron chi connectivity index (χ0n) is 9.45. The Morgan fingerprint density at radius 2 is 2.00 bits per heavy atom. The number of thioether (sulfide) groups is 1. The summed E-state index contributed by atoms with van der Waals surface area (Å²) >= 11 is 1.77. The molecule has 82 valence electrons. The van der Waals surface area contributed by atoms with Crippen LogP contribution >= 0.6 is 11.8 Å². The first-order valence-electron chi connectivity index (χ1n) is 5.38. The lowest BCUT2D eigenvalue weighted by Crippen LogP contribution is -2.04. The summed E-state index contributed by atoms with van der Waals surface area (Å²) in [5.74, 6) is 2.16. The van der Waals surface area contributed by atoms with Crippen LogP contribution < -0.4 is 5.73 Å². The largest absolute Gasteiger partial charge is 0.383 e. The third-order valence-electron chi connectivity index (χ3n) is 2.45.